The molecule has 1 aromatic carbocycles. The molecule has 3 heteroatoms. The van der Waals surface area contributed by atoms with E-state index in [-0.39, 0.29) is 5.82 Å². The number of fused-ring (bicyclic) bond motifs is 1. The first kappa shape index (κ1) is 13.3. The lowest BCUT2D eigenvalue weighted by Crippen LogP contribution is -2.06. The second kappa shape index (κ2) is 5.33. The van der Waals surface area contributed by atoms with Gasteiger partial charge in [0.25, 0.3) is 0 Å². The molecule has 104 valence electrons. The molecule has 0 amide bonds. The van der Waals surface area contributed by atoms with Crippen LogP contribution in [0, 0.1) is 12.7 Å². The third-order valence-corrected chi connectivity index (χ3v) is 3.92. The van der Waals surface area contributed by atoms with Crippen molar-refractivity contribution in [2.45, 2.75) is 38.7 Å². The molecule has 1 N–H and O–H groups in total. The number of aliphatic hydroxyl groups is 1. The number of nitrogens with zero attached hydrogens (tertiary/aromatic N) is 1. The van der Waals surface area contributed by atoms with Crippen LogP contribution in [-0.4, -0.2) is 10.1 Å². The molecule has 1 atom stereocenters. The van der Waals surface area contributed by atoms with Crippen molar-refractivity contribution in [3.05, 3.63) is 53.1 Å². The Balaban J connectivity index is 2.24. The van der Waals surface area contributed by atoms with Crippen LogP contribution in [0.3, 0.4) is 0 Å². The van der Waals surface area contributed by atoms with Crippen LogP contribution in [0.25, 0.3) is 11.1 Å². The van der Waals surface area contributed by atoms with Crippen molar-refractivity contribution in [2.75, 3.05) is 0 Å². The zero-order chi connectivity index (χ0) is 14.1. The molecule has 1 aromatic heterocycles. The molecular weight excluding hydrogens is 253 g/mol. The van der Waals surface area contributed by atoms with Crippen LogP contribution in [0.1, 0.15) is 42.3 Å². The standard InChI is InChI=1S/C17H18FNO/c1-11-10-14(12-6-2-4-8-15(12)18)13-7-3-5-9-16(20)17(13)19-11/h2,4,6,8,10,16,20H,3,5,7,9H2,1H3. The molecule has 20 heavy (non-hydrogen) atoms. The maximum atomic E-state index is 14.1. The lowest BCUT2D eigenvalue weighted by atomic mass is 9.94. The number of hydrogen-bond donors (Lipinski definition) is 1. The molecule has 1 unspecified atom stereocenters. The summed E-state index contributed by atoms with van der Waals surface area (Å²) in [5.41, 5.74) is 4.05. The predicted molar refractivity (Wildman–Crippen MR) is 76.9 cm³/mol. The summed E-state index contributed by atoms with van der Waals surface area (Å²) in [6.07, 6.45) is 3.05. The normalized spacial score (nSPS) is 18.4. The number of aromatic nitrogens is 1. The molecule has 0 radical (unpaired) electrons. The van der Waals surface area contributed by atoms with E-state index in [4.69, 9.17) is 0 Å². The summed E-state index contributed by atoms with van der Waals surface area (Å²) in [6.45, 7) is 1.89. The van der Waals surface area contributed by atoms with Gasteiger partial charge in [-0.1, -0.05) is 24.6 Å². The molecule has 0 spiro atoms. The van der Waals surface area contributed by atoms with Crippen molar-refractivity contribution < 1.29 is 9.50 Å². The fourth-order valence-electron chi connectivity index (χ4n) is 2.96. The Bertz CT molecular complexity index is 639. The lowest BCUT2D eigenvalue weighted by molar-refractivity contribution is 0.162. The Kier molecular flexibility index (Phi) is 3.53. The second-order valence-electron chi connectivity index (χ2n) is 5.42. The van der Waals surface area contributed by atoms with Gasteiger partial charge in [-0.25, -0.2) is 4.39 Å². The van der Waals surface area contributed by atoms with Crippen LogP contribution in [0.4, 0.5) is 4.39 Å². The summed E-state index contributed by atoms with van der Waals surface area (Å²) >= 11 is 0. The first-order chi connectivity index (χ1) is 9.66. The summed E-state index contributed by atoms with van der Waals surface area (Å²) in [6, 6.07) is 8.73. The Morgan fingerprint density at radius 3 is 2.80 bits per heavy atom. The molecule has 0 aliphatic heterocycles. The van der Waals surface area contributed by atoms with Gasteiger partial charge in [0.2, 0.25) is 0 Å². The first-order valence-electron chi connectivity index (χ1n) is 7.10. The zero-order valence-electron chi connectivity index (χ0n) is 11.6. The van der Waals surface area contributed by atoms with Gasteiger partial charge in [-0.2, -0.15) is 0 Å². The van der Waals surface area contributed by atoms with Crippen LogP contribution in [-0.2, 0) is 6.42 Å². The SMILES string of the molecule is Cc1cc(-c2ccccc2F)c2c(n1)C(O)CCCC2. The van der Waals surface area contributed by atoms with Gasteiger partial charge in [0, 0.05) is 11.3 Å². The van der Waals surface area contributed by atoms with E-state index in [0.717, 1.165) is 48.2 Å². The minimum Gasteiger partial charge on any atom is -0.387 e. The third-order valence-electron chi connectivity index (χ3n) is 3.92. The van der Waals surface area contributed by atoms with E-state index >= 15 is 0 Å². The quantitative estimate of drug-likeness (QED) is 0.796. The number of aryl methyl sites for hydroxylation is 1. The van der Waals surface area contributed by atoms with Crippen LogP contribution in [0.15, 0.2) is 30.3 Å². The number of benzene rings is 1. The van der Waals surface area contributed by atoms with Crippen molar-refractivity contribution in [2.24, 2.45) is 0 Å². The van der Waals surface area contributed by atoms with Crippen molar-refractivity contribution in [1.29, 1.82) is 0 Å². The fourth-order valence-corrected chi connectivity index (χ4v) is 2.96. The van der Waals surface area contributed by atoms with E-state index in [0.29, 0.717) is 5.56 Å². The van der Waals surface area contributed by atoms with Gasteiger partial charge in [-0.05, 0) is 49.4 Å². The summed E-state index contributed by atoms with van der Waals surface area (Å²) in [5, 5.41) is 10.3. The van der Waals surface area contributed by atoms with Gasteiger partial charge >= 0.3 is 0 Å². The molecule has 2 aromatic rings. The molecule has 0 fully saturated rings. The van der Waals surface area contributed by atoms with E-state index in [9.17, 15) is 9.50 Å². The monoisotopic (exact) mass is 271 g/mol. The molecule has 2 nitrogen and oxygen atoms in total. The Labute approximate surface area is 118 Å². The molecular formula is C17H18FNO. The summed E-state index contributed by atoms with van der Waals surface area (Å²) in [7, 11) is 0. The van der Waals surface area contributed by atoms with Gasteiger partial charge in [-0.15, -0.1) is 0 Å². The highest BCUT2D eigenvalue weighted by molar-refractivity contribution is 5.69. The Hall–Kier alpha value is -1.74. The van der Waals surface area contributed by atoms with Gasteiger partial charge in [-0.3, -0.25) is 4.98 Å². The van der Waals surface area contributed by atoms with E-state index in [2.05, 4.69) is 4.98 Å². The Morgan fingerprint density at radius 2 is 2.00 bits per heavy atom. The largest absolute Gasteiger partial charge is 0.387 e. The molecule has 0 saturated heterocycles. The van der Waals surface area contributed by atoms with E-state index in [1.54, 1.807) is 12.1 Å². The second-order valence-corrected chi connectivity index (χ2v) is 5.42. The number of aliphatic hydroxyl groups excluding tert-OH is 1. The average molecular weight is 271 g/mol. The minimum absolute atomic E-state index is 0.223. The van der Waals surface area contributed by atoms with E-state index in [1.807, 2.05) is 19.1 Å². The summed E-state index contributed by atoms with van der Waals surface area (Å²) < 4.78 is 14.1. The molecule has 0 saturated carbocycles. The third kappa shape index (κ3) is 2.34. The van der Waals surface area contributed by atoms with Crippen LogP contribution >= 0.6 is 0 Å². The highest BCUT2D eigenvalue weighted by Gasteiger charge is 2.22. The van der Waals surface area contributed by atoms with Crippen molar-refractivity contribution in [3.63, 3.8) is 0 Å². The fraction of sp³-hybridized carbons (Fsp3) is 0.353. The number of rotatable bonds is 1. The van der Waals surface area contributed by atoms with Crippen LogP contribution in [0.2, 0.25) is 0 Å². The van der Waals surface area contributed by atoms with Crippen molar-refractivity contribution in [3.8, 4) is 11.1 Å². The van der Waals surface area contributed by atoms with Gasteiger partial charge in [0.1, 0.15) is 5.82 Å². The molecule has 1 heterocycles. The molecule has 1 aliphatic rings. The van der Waals surface area contributed by atoms with Gasteiger partial charge < -0.3 is 5.11 Å². The highest BCUT2D eigenvalue weighted by atomic mass is 19.1. The van der Waals surface area contributed by atoms with E-state index in [1.165, 1.54) is 6.07 Å². The average Bonchev–Trinajstić information content (AvgIpc) is 2.61. The maximum Gasteiger partial charge on any atom is 0.131 e. The highest BCUT2D eigenvalue weighted by Crippen LogP contribution is 2.35. The van der Waals surface area contributed by atoms with Crippen LogP contribution in [0.5, 0.6) is 0 Å². The zero-order valence-corrected chi connectivity index (χ0v) is 11.6. The maximum absolute atomic E-state index is 14.1. The van der Waals surface area contributed by atoms with Gasteiger partial charge in [0.15, 0.2) is 0 Å². The number of halogens is 1. The van der Waals surface area contributed by atoms with Crippen molar-refractivity contribution >= 4 is 0 Å². The first-order valence-corrected chi connectivity index (χ1v) is 7.10. The minimum atomic E-state index is -0.530. The van der Waals surface area contributed by atoms with Gasteiger partial charge in [0.05, 0.1) is 11.8 Å². The molecule has 3 rings (SSSR count). The van der Waals surface area contributed by atoms with Crippen LogP contribution < -0.4 is 0 Å². The number of hydrogen-bond acceptors (Lipinski definition) is 2. The molecule has 0 bridgehead atoms. The lowest BCUT2D eigenvalue weighted by Gasteiger charge is -2.16. The number of pyridine rings is 1. The molecule has 1 aliphatic carbocycles. The summed E-state index contributed by atoms with van der Waals surface area (Å²) in [4.78, 5) is 4.50. The summed E-state index contributed by atoms with van der Waals surface area (Å²) in [5.74, 6) is -0.223. The predicted octanol–water partition coefficient (Wildman–Crippen LogP) is 3.96. The van der Waals surface area contributed by atoms with E-state index < -0.39 is 6.10 Å². The smallest absolute Gasteiger partial charge is 0.131 e. The topological polar surface area (TPSA) is 33.1 Å². The Morgan fingerprint density at radius 1 is 1.20 bits per heavy atom. The van der Waals surface area contributed by atoms with Crippen molar-refractivity contribution in [1.82, 2.24) is 4.98 Å².